The maximum Gasteiger partial charge on any atom is 0.303 e. The molecule has 0 spiro atoms. The molecule has 2 N–H and O–H groups in total. The number of ether oxygens (including phenoxy) is 1. The summed E-state index contributed by atoms with van der Waals surface area (Å²) in [5, 5.41) is 14.5. The van der Waals surface area contributed by atoms with Crippen LogP contribution in [0.5, 0.6) is 0 Å². The minimum Gasteiger partial charge on any atom is -0.481 e. The number of hydrogen-bond donors (Lipinski definition) is 2. The lowest BCUT2D eigenvalue weighted by Crippen LogP contribution is -1.98. The van der Waals surface area contributed by atoms with E-state index in [2.05, 4.69) is 10.3 Å². The van der Waals surface area contributed by atoms with Gasteiger partial charge in [0, 0.05) is 24.6 Å². The lowest BCUT2D eigenvalue weighted by atomic mass is 10.2. The predicted molar refractivity (Wildman–Crippen MR) is 78.5 cm³/mol. The first-order valence-electron chi connectivity index (χ1n) is 6.18. The van der Waals surface area contributed by atoms with E-state index in [9.17, 15) is 4.79 Å². The van der Waals surface area contributed by atoms with Gasteiger partial charge in [-0.25, -0.2) is 4.98 Å². The number of aromatic nitrogens is 1. The van der Waals surface area contributed by atoms with Crippen molar-refractivity contribution in [3.63, 3.8) is 0 Å². The Bertz CT molecular complexity index is 583. The summed E-state index contributed by atoms with van der Waals surface area (Å²) in [6.45, 7) is 0.567. The van der Waals surface area contributed by atoms with E-state index in [0.717, 1.165) is 22.1 Å². The monoisotopic (exact) mass is 292 g/mol. The highest BCUT2D eigenvalue weighted by Gasteiger charge is 2.05. The number of carbonyl (C=O) groups is 1. The van der Waals surface area contributed by atoms with Gasteiger partial charge in [0.1, 0.15) is 0 Å². The van der Waals surface area contributed by atoms with Crippen LogP contribution in [0.3, 0.4) is 0 Å². The molecule has 0 aliphatic heterocycles. The van der Waals surface area contributed by atoms with Gasteiger partial charge >= 0.3 is 5.97 Å². The number of nitrogens with one attached hydrogen (secondary N) is 1. The lowest BCUT2D eigenvalue weighted by molar-refractivity contribution is -0.136. The minimum absolute atomic E-state index is 0.104. The average molecular weight is 292 g/mol. The normalized spacial score (nSPS) is 10.4. The van der Waals surface area contributed by atoms with Gasteiger partial charge in [0.05, 0.1) is 18.7 Å². The van der Waals surface area contributed by atoms with E-state index < -0.39 is 5.97 Å². The van der Waals surface area contributed by atoms with Crippen LogP contribution in [0.4, 0.5) is 10.8 Å². The van der Waals surface area contributed by atoms with Crippen molar-refractivity contribution >= 4 is 28.1 Å². The smallest absolute Gasteiger partial charge is 0.303 e. The Morgan fingerprint density at radius 3 is 3.10 bits per heavy atom. The fourth-order valence-corrected chi connectivity index (χ4v) is 2.51. The van der Waals surface area contributed by atoms with E-state index in [1.807, 2.05) is 29.6 Å². The van der Waals surface area contributed by atoms with Crippen LogP contribution in [0.2, 0.25) is 0 Å². The Labute approximate surface area is 121 Å². The molecule has 6 heteroatoms. The van der Waals surface area contributed by atoms with Crippen molar-refractivity contribution in [2.75, 3.05) is 12.4 Å². The zero-order valence-corrected chi connectivity index (χ0v) is 11.9. The first kappa shape index (κ1) is 14.5. The summed E-state index contributed by atoms with van der Waals surface area (Å²) in [4.78, 5) is 14.9. The summed E-state index contributed by atoms with van der Waals surface area (Å²) in [7, 11) is 1.66. The third-order valence-electron chi connectivity index (χ3n) is 2.64. The van der Waals surface area contributed by atoms with Gasteiger partial charge < -0.3 is 15.2 Å². The second kappa shape index (κ2) is 7.02. The first-order valence-corrected chi connectivity index (χ1v) is 7.06. The molecule has 0 aliphatic rings. The van der Waals surface area contributed by atoms with Gasteiger partial charge in [-0.1, -0.05) is 12.1 Å². The number of thiazole rings is 1. The molecule has 0 saturated carbocycles. The molecule has 5 nitrogen and oxygen atoms in total. The Kier molecular flexibility index (Phi) is 5.09. The molecule has 20 heavy (non-hydrogen) atoms. The van der Waals surface area contributed by atoms with Gasteiger partial charge in [0.2, 0.25) is 0 Å². The van der Waals surface area contributed by atoms with Gasteiger partial charge in [0.25, 0.3) is 0 Å². The largest absolute Gasteiger partial charge is 0.481 e. The number of nitrogens with zero attached hydrogens (tertiary/aromatic N) is 1. The number of anilines is 2. The van der Waals surface area contributed by atoms with Gasteiger partial charge in [-0.3, -0.25) is 4.79 Å². The Hall–Kier alpha value is -1.92. The van der Waals surface area contributed by atoms with Gasteiger partial charge in [-0.05, 0) is 17.7 Å². The van der Waals surface area contributed by atoms with Crippen LogP contribution in [0.25, 0.3) is 0 Å². The Morgan fingerprint density at radius 1 is 1.50 bits per heavy atom. The fourth-order valence-electron chi connectivity index (χ4n) is 1.74. The third kappa shape index (κ3) is 4.32. The quantitative estimate of drug-likeness (QED) is 0.820. The molecule has 2 rings (SSSR count). The molecule has 0 unspecified atom stereocenters. The Balaban J connectivity index is 1.99. The second-order valence-corrected chi connectivity index (χ2v) is 5.15. The Morgan fingerprint density at radius 2 is 2.35 bits per heavy atom. The van der Waals surface area contributed by atoms with Crippen molar-refractivity contribution in [1.82, 2.24) is 4.98 Å². The third-order valence-corrected chi connectivity index (χ3v) is 3.44. The predicted octanol–water partition coefficient (Wildman–Crippen LogP) is 3.05. The maximum absolute atomic E-state index is 10.5. The van der Waals surface area contributed by atoms with E-state index in [4.69, 9.17) is 9.84 Å². The lowest BCUT2D eigenvalue weighted by Gasteiger charge is -2.05. The van der Waals surface area contributed by atoms with Crippen LogP contribution >= 0.6 is 11.3 Å². The van der Waals surface area contributed by atoms with Crippen molar-refractivity contribution in [3.8, 4) is 0 Å². The van der Waals surface area contributed by atoms with Crippen LogP contribution in [0, 0.1) is 0 Å². The van der Waals surface area contributed by atoms with Gasteiger partial charge in [-0.15, -0.1) is 11.3 Å². The topological polar surface area (TPSA) is 71.5 Å². The van der Waals surface area contributed by atoms with Crippen LogP contribution in [0.1, 0.15) is 17.7 Å². The summed E-state index contributed by atoms with van der Waals surface area (Å²) in [5.41, 5.74) is 2.83. The van der Waals surface area contributed by atoms with E-state index in [0.29, 0.717) is 13.0 Å². The molecule has 0 amide bonds. The van der Waals surface area contributed by atoms with E-state index in [1.165, 1.54) is 11.3 Å². The highest BCUT2D eigenvalue weighted by atomic mass is 32.1. The van der Waals surface area contributed by atoms with Crippen LogP contribution in [-0.4, -0.2) is 23.2 Å². The second-order valence-electron chi connectivity index (χ2n) is 4.30. The number of aryl methyl sites for hydroxylation is 1. The number of methoxy groups -OCH3 is 1. The van der Waals surface area contributed by atoms with Crippen LogP contribution in [0.15, 0.2) is 29.6 Å². The van der Waals surface area contributed by atoms with Gasteiger partial charge in [-0.2, -0.15) is 0 Å². The van der Waals surface area contributed by atoms with E-state index >= 15 is 0 Å². The number of carboxylic acids is 1. The molecule has 1 aromatic carbocycles. The van der Waals surface area contributed by atoms with Crippen LogP contribution in [-0.2, 0) is 22.6 Å². The summed E-state index contributed by atoms with van der Waals surface area (Å²) >= 11 is 1.47. The van der Waals surface area contributed by atoms with Crippen molar-refractivity contribution < 1.29 is 14.6 Å². The number of aliphatic carboxylic acids is 1. The van der Waals surface area contributed by atoms with Crippen molar-refractivity contribution in [2.24, 2.45) is 0 Å². The van der Waals surface area contributed by atoms with Crippen molar-refractivity contribution in [1.29, 1.82) is 0 Å². The molecule has 1 aromatic heterocycles. The molecule has 0 radical (unpaired) electrons. The highest BCUT2D eigenvalue weighted by molar-refractivity contribution is 7.13. The number of carboxylic acid groups (broad SMARTS) is 1. The standard InChI is InChI=1S/C14H16N2O3S/c1-19-8-10-3-2-4-11(7-10)15-14-16-12(9-20-14)5-6-13(17)18/h2-4,7,9H,5-6,8H2,1H3,(H,15,16)(H,17,18). The van der Waals surface area contributed by atoms with E-state index in [-0.39, 0.29) is 6.42 Å². The summed E-state index contributed by atoms with van der Waals surface area (Å²) < 4.78 is 5.10. The molecular formula is C14H16N2O3S. The molecule has 1 heterocycles. The molecular weight excluding hydrogens is 276 g/mol. The SMILES string of the molecule is COCc1cccc(Nc2nc(CCC(=O)O)cs2)c1. The summed E-state index contributed by atoms with van der Waals surface area (Å²) in [6, 6.07) is 7.91. The molecule has 0 atom stereocenters. The highest BCUT2D eigenvalue weighted by Crippen LogP contribution is 2.22. The zero-order valence-electron chi connectivity index (χ0n) is 11.1. The van der Waals surface area contributed by atoms with E-state index in [1.54, 1.807) is 7.11 Å². The average Bonchev–Trinajstić information content (AvgIpc) is 2.85. The molecule has 0 aliphatic carbocycles. The number of benzene rings is 1. The summed E-state index contributed by atoms with van der Waals surface area (Å²) in [6.07, 6.45) is 0.559. The zero-order chi connectivity index (χ0) is 14.4. The first-order chi connectivity index (χ1) is 9.67. The molecule has 106 valence electrons. The molecule has 2 aromatic rings. The van der Waals surface area contributed by atoms with Gasteiger partial charge in [0.15, 0.2) is 5.13 Å². The van der Waals surface area contributed by atoms with Crippen LogP contribution < -0.4 is 5.32 Å². The van der Waals surface area contributed by atoms with Crippen molar-refractivity contribution in [2.45, 2.75) is 19.4 Å². The maximum atomic E-state index is 10.5. The van der Waals surface area contributed by atoms with Crippen molar-refractivity contribution in [3.05, 3.63) is 40.9 Å². The number of rotatable bonds is 7. The molecule has 0 fully saturated rings. The number of hydrogen-bond acceptors (Lipinski definition) is 5. The minimum atomic E-state index is -0.806. The molecule has 0 bridgehead atoms. The summed E-state index contributed by atoms with van der Waals surface area (Å²) in [5.74, 6) is -0.806. The molecule has 0 saturated heterocycles. The fraction of sp³-hybridized carbons (Fsp3) is 0.286.